The van der Waals surface area contributed by atoms with Crippen LogP contribution in [0.4, 0.5) is 0 Å². The molecule has 0 radical (unpaired) electrons. The highest BCUT2D eigenvalue weighted by atomic mass is 32.2. The zero-order valence-corrected chi connectivity index (χ0v) is 12.1. The van der Waals surface area contributed by atoms with Crippen LogP contribution in [0.25, 0.3) is 0 Å². The molecule has 4 nitrogen and oxygen atoms in total. The molecule has 1 aliphatic heterocycles. The summed E-state index contributed by atoms with van der Waals surface area (Å²) in [4.78, 5) is 13.7. The van der Waals surface area contributed by atoms with Crippen LogP contribution in [0, 0.1) is 0 Å². The Morgan fingerprint density at radius 2 is 2.11 bits per heavy atom. The molecule has 1 atom stereocenters. The summed E-state index contributed by atoms with van der Waals surface area (Å²) in [5.41, 5.74) is 1.13. The van der Waals surface area contributed by atoms with Gasteiger partial charge in [-0.15, -0.1) is 11.8 Å². The third kappa shape index (κ3) is 3.42. The molecule has 5 heteroatoms. The van der Waals surface area contributed by atoms with E-state index in [4.69, 9.17) is 9.47 Å². The molecule has 1 aliphatic rings. The SMILES string of the molecule is CCOc1ccc(C2SCC(=O)N2CCOC)cc1. The van der Waals surface area contributed by atoms with Crippen molar-refractivity contribution < 1.29 is 14.3 Å². The summed E-state index contributed by atoms with van der Waals surface area (Å²) >= 11 is 1.66. The van der Waals surface area contributed by atoms with Crippen molar-refractivity contribution in [3.05, 3.63) is 29.8 Å². The lowest BCUT2D eigenvalue weighted by Crippen LogP contribution is -2.31. The van der Waals surface area contributed by atoms with Crippen molar-refractivity contribution >= 4 is 17.7 Å². The maximum Gasteiger partial charge on any atom is 0.233 e. The Bertz CT molecular complexity index is 421. The normalized spacial score (nSPS) is 18.9. The number of nitrogens with zero attached hydrogens (tertiary/aromatic N) is 1. The van der Waals surface area contributed by atoms with Crippen molar-refractivity contribution in [3.8, 4) is 5.75 Å². The van der Waals surface area contributed by atoms with Crippen LogP contribution < -0.4 is 4.74 Å². The van der Waals surface area contributed by atoms with E-state index in [1.165, 1.54) is 0 Å². The van der Waals surface area contributed by atoms with Gasteiger partial charge in [0.2, 0.25) is 5.91 Å². The Morgan fingerprint density at radius 1 is 1.37 bits per heavy atom. The number of carbonyl (C=O) groups excluding carboxylic acids is 1. The van der Waals surface area contributed by atoms with Crippen molar-refractivity contribution in [1.29, 1.82) is 0 Å². The first-order valence-electron chi connectivity index (χ1n) is 6.39. The van der Waals surface area contributed by atoms with Crippen molar-refractivity contribution in [2.45, 2.75) is 12.3 Å². The topological polar surface area (TPSA) is 38.8 Å². The Kier molecular flexibility index (Phi) is 5.10. The lowest BCUT2D eigenvalue weighted by Gasteiger charge is -2.24. The molecule has 0 aliphatic carbocycles. The largest absolute Gasteiger partial charge is 0.494 e. The highest BCUT2D eigenvalue weighted by Gasteiger charge is 2.32. The second kappa shape index (κ2) is 6.82. The van der Waals surface area contributed by atoms with Crippen LogP contribution in [0.5, 0.6) is 5.75 Å². The molecule has 1 saturated heterocycles. The number of hydrogen-bond acceptors (Lipinski definition) is 4. The van der Waals surface area contributed by atoms with Crippen LogP contribution in [0.3, 0.4) is 0 Å². The third-order valence-electron chi connectivity index (χ3n) is 2.98. The molecule has 1 amide bonds. The fourth-order valence-electron chi connectivity index (χ4n) is 2.06. The van der Waals surface area contributed by atoms with Gasteiger partial charge in [-0.3, -0.25) is 4.79 Å². The van der Waals surface area contributed by atoms with E-state index >= 15 is 0 Å². The molecule has 104 valence electrons. The van der Waals surface area contributed by atoms with E-state index in [0.717, 1.165) is 11.3 Å². The zero-order valence-electron chi connectivity index (χ0n) is 11.3. The Labute approximate surface area is 118 Å². The molecular weight excluding hydrogens is 262 g/mol. The second-order valence-electron chi connectivity index (χ2n) is 4.25. The van der Waals surface area contributed by atoms with E-state index in [0.29, 0.717) is 25.5 Å². The Balaban J connectivity index is 2.08. The van der Waals surface area contributed by atoms with Gasteiger partial charge in [0.25, 0.3) is 0 Å². The predicted molar refractivity (Wildman–Crippen MR) is 76.4 cm³/mol. The molecule has 1 heterocycles. The molecule has 0 aromatic heterocycles. The Hall–Kier alpha value is -1.20. The number of amides is 1. The minimum absolute atomic E-state index is 0.0957. The Morgan fingerprint density at radius 3 is 2.74 bits per heavy atom. The van der Waals surface area contributed by atoms with Crippen molar-refractivity contribution in [3.63, 3.8) is 0 Å². The van der Waals surface area contributed by atoms with Crippen LogP contribution in [0.15, 0.2) is 24.3 Å². The number of hydrogen-bond donors (Lipinski definition) is 0. The zero-order chi connectivity index (χ0) is 13.7. The van der Waals surface area contributed by atoms with Gasteiger partial charge in [0, 0.05) is 13.7 Å². The van der Waals surface area contributed by atoms with Gasteiger partial charge in [0.15, 0.2) is 0 Å². The summed E-state index contributed by atoms with van der Waals surface area (Å²) in [7, 11) is 1.65. The number of thioether (sulfide) groups is 1. The average Bonchev–Trinajstić information content (AvgIpc) is 2.79. The number of benzene rings is 1. The number of carbonyl (C=O) groups is 1. The third-order valence-corrected chi connectivity index (χ3v) is 4.24. The lowest BCUT2D eigenvalue weighted by molar-refractivity contribution is -0.128. The summed E-state index contributed by atoms with van der Waals surface area (Å²) in [6, 6.07) is 7.97. The molecule has 1 aromatic rings. The van der Waals surface area contributed by atoms with Crippen LogP contribution in [0.1, 0.15) is 17.9 Å². The lowest BCUT2D eigenvalue weighted by atomic mass is 10.2. The number of methoxy groups -OCH3 is 1. The number of rotatable bonds is 6. The van der Waals surface area contributed by atoms with E-state index in [1.54, 1.807) is 18.9 Å². The maximum absolute atomic E-state index is 11.9. The van der Waals surface area contributed by atoms with E-state index in [2.05, 4.69) is 0 Å². The molecule has 0 saturated carbocycles. The summed E-state index contributed by atoms with van der Waals surface area (Å²) in [5, 5.41) is 0.0957. The van der Waals surface area contributed by atoms with Gasteiger partial charge in [0.05, 0.1) is 19.0 Å². The van der Waals surface area contributed by atoms with Crippen molar-refractivity contribution in [1.82, 2.24) is 4.90 Å². The van der Waals surface area contributed by atoms with Crippen molar-refractivity contribution in [2.24, 2.45) is 0 Å². The highest BCUT2D eigenvalue weighted by molar-refractivity contribution is 8.00. The van der Waals surface area contributed by atoms with Gasteiger partial charge in [-0.2, -0.15) is 0 Å². The van der Waals surface area contributed by atoms with E-state index in [-0.39, 0.29) is 11.3 Å². The smallest absolute Gasteiger partial charge is 0.233 e. The average molecular weight is 281 g/mol. The van der Waals surface area contributed by atoms with Gasteiger partial charge in [-0.1, -0.05) is 12.1 Å². The molecule has 2 rings (SSSR count). The highest BCUT2D eigenvalue weighted by Crippen LogP contribution is 2.38. The fraction of sp³-hybridized carbons (Fsp3) is 0.500. The summed E-state index contributed by atoms with van der Waals surface area (Å²) in [5.74, 6) is 1.59. The van der Waals surface area contributed by atoms with Crippen LogP contribution >= 0.6 is 11.8 Å². The van der Waals surface area contributed by atoms with E-state index in [1.807, 2.05) is 36.1 Å². The quantitative estimate of drug-likeness (QED) is 0.802. The van der Waals surface area contributed by atoms with Crippen LogP contribution in [0.2, 0.25) is 0 Å². The van der Waals surface area contributed by atoms with Crippen LogP contribution in [-0.4, -0.2) is 43.4 Å². The second-order valence-corrected chi connectivity index (χ2v) is 5.31. The molecule has 0 bridgehead atoms. The molecule has 0 N–H and O–H groups in total. The first-order valence-corrected chi connectivity index (χ1v) is 7.44. The summed E-state index contributed by atoms with van der Waals surface area (Å²) < 4.78 is 10.5. The summed E-state index contributed by atoms with van der Waals surface area (Å²) in [6.45, 7) is 3.84. The van der Waals surface area contributed by atoms with Gasteiger partial charge < -0.3 is 14.4 Å². The molecule has 19 heavy (non-hydrogen) atoms. The maximum atomic E-state index is 11.9. The summed E-state index contributed by atoms with van der Waals surface area (Å²) in [6.07, 6.45) is 0. The predicted octanol–water partition coefficient (Wildman–Crippen LogP) is 2.31. The van der Waals surface area contributed by atoms with Gasteiger partial charge in [-0.25, -0.2) is 0 Å². The van der Waals surface area contributed by atoms with Crippen LogP contribution in [-0.2, 0) is 9.53 Å². The van der Waals surface area contributed by atoms with Gasteiger partial charge >= 0.3 is 0 Å². The molecule has 1 unspecified atom stereocenters. The van der Waals surface area contributed by atoms with E-state index < -0.39 is 0 Å². The van der Waals surface area contributed by atoms with Gasteiger partial charge in [0.1, 0.15) is 11.1 Å². The molecule has 1 fully saturated rings. The monoisotopic (exact) mass is 281 g/mol. The molecule has 0 spiro atoms. The minimum Gasteiger partial charge on any atom is -0.494 e. The number of ether oxygens (including phenoxy) is 2. The first kappa shape index (κ1) is 14.2. The standard InChI is InChI=1S/C14H19NO3S/c1-3-18-12-6-4-11(5-7-12)14-15(8-9-17-2)13(16)10-19-14/h4-7,14H,3,8-10H2,1-2H3. The van der Waals surface area contributed by atoms with Gasteiger partial charge in [-0.05, 0) is 24.6 Å². The van der Waals surface area contributed by atoms with Crippen molar-refractivity contribution in [2.75, 3.05) is 32.6 Å². The first-order chi connectivity index (χ1) is 9.26. The minimum atomic E-state index is 0.0957. The fourth-order valence-corrected chi connectivity index (χ4v) is 3.28. The van der Waals surface area contributed by atoms with E-state index in [9.17, 15) is 4.79 Å². The molecular formula is C14H19NO3S. The molecule has 1 aromatic carbocycles.